The van der Waals surface area contributed by atoms with E-state index < -0.39 is 5.91 Å². The summed E-state index contributed by atoms with van der Waals surface area (Å²) in [6, 6.07) is 20.4. The fourth-order valence-corrected chi connectivity index (χ4v) is 4.16. The van der Waals surface area contributed by atoms with Crippen LogP contribution >= 0.6 is 0 Å². The van der Waals surface area contributed by atoms with Crippen LogP contribution in [0.25, 0.3) is 22.2 Å². The van der Waals surface area contributed by atoms with Crippen molar-refractivity contribution in [3.05, 3.63) is 83.4 Å². The molecular weight excluding hydrogens is 422 g/mol. The largest absolute Gasteiger partial charge is 0.454 e. The van der Waals surface area contributed by atoms with Gasteiger partial charge < -0.3 is 19.8 Å². The first kappa shape index (κ1) is 20.6. The van der Waals surface area contributed by atoms with Crippen LogP contribution in [-0.4, -0.2) is 30.3 Å². The Morgan fingerprint density at radius 3 is 2.55 bits per heavy atom. The molecule has 4 aromatic rings. The van der Waals surface area contributed by atoms with Crippen molar-refractivity contribution in [3.8, 4) is 22.8 Å². The molecular formula is C25H21N3O5. The highest BCUT2D eigenvalue weighted by Crippen LogP contribution is 2.40. The van der Waals surface area contributed by atoms with E-state index in [0.29, 0.717) is 34.9 Å². The molecule has 8 nitrogen and oxygen atoms in total. The van der Waals surface area contributed by atoms with E-state index in [1.165, 1.54) is 7.11 Å². The van der Waals surface area contributed by atoms with Gasteiger partial charge in [0.25, 0.3) is 11.8 Å². The first-order chi connectivity index (χ1) is 16.1. The summed E-state index contributed by atoms with van der Waals surface area (Å²) >= 11 is 0. The lowest BCUT2D eigenvalue weighted by molar-refractivity contribution is 0.0537. The minimum absolute atomic E-state index is 0.160. The molecule has 0 saturated carbocycles. The van der Waals surface area contributed by atoms with Crippen LogP contribution in [0.2, 0.25) is 0 Å². The van der Waals surface area contributed by atoms with Gasteiger partial charge in [0.05, 0.1) is 18.4 Å². The molecule has 0 fully saturated rings. The SMILES string of the molecule is CONC(=O)c1ccc(Cn2c(-c3ccc4c(c3)OCO4)c(C(N)=O)c3ccccc32)cc1. The standard InChI is InChI=1S/C25H21N3O5/c1-31-27-25(30)16-8-6-15(7-9-16)13-28-19-5-3-2-4-18(19)22(24(26)29)23(28)17-10-11-20-21(12-17)33-14-32-20/h2-12H,13-14H2,1H3,(H2,26,29)(H,27,30). The van der Waals surface area contributed by atoms with Crippen molar-refractivity contribution in [1.82, 2.24) is 10.0 Å². The quantitative estimate of drug-likeness (QED) is 0.444. The van der Waals surface area contributed by atoms with Gasteiger partial charge in [-0.05, 0) is 42.0 Å². The van der Waals surface area contributed by atoms with Crippen LogP contribution in [0, 0.1) is 0 Å². The van der Waals surface area contributed by atoms with Crippen molar-refractivity contribution in [1.29, 1.82) is 0 Å². The van der Waals surface area contributed by atoms with Crippen LogP contribution in [0.15, 0.2) is 66.7 Å². The minimum atomic E-state index is -0.510. The number of nitrogens with one attached hydrogen (secondary N) is 1. The number of hydrogen-bond acceptors (Lipinski definition) is 5. The lowest BCUT2D eigenvalue weighted by Gasteiger charge is -2.13. The second kappa shape index (κ2) is 8.33. The molecule has 0 atom stereocenters. The number of primary amides is 1. The minimum Gasteiger partial charge on any atom is -0.454 e. The second-order valence-corrected chi connectivity index (χ2v) is 7.59. The van der Waals surface area contributed by atoms with Crippen molar-refractivity contribution >= 4 is 22.7 Å². The summed E-state index contributed by atoms with van der Waals surface area (Å²) in [4.78, 5) is 29.3. The Kier molecular flexibility index (Phi) is 5.20. The molecule has 0 unspecified atom stereocenters. The first-order valence-electron chi connectivity index (χ1n) is 10.3. The van der Waals surface area contributed by atoms with Crippen LogP contribution in [0.1, 0.15) is 26.3 Å². The molecule has 1 aliphatic rings. The highest BCUT2D eigenvalue weighted by Gasteiger charge is 2.24. The van der Waals surface area contributed by atoms with Crippen molar-refractivity contribution in [2.24, 2.45) is 5.73 Å². The predicted octanol–water partition coefficient (Wildman–Crippen LogP) is 3.48. The lowest BCUT2D eigenvalue weighted by Crippen LogP contribution is -2.21. The Hall–Kier alpha value is -4.30. The van der Waals surface area contributed by atoms with E-state index in [2.05, 4.69) is 14.9 Å². The zero-order chi connectivity index (χ0) is 22.9. The molecule has 0 saturated heterocycles. The monoisotopic (exact) mass is 443 g/mol. The fraction of sp³-hybridized carbons (Fsp3) is 0.120. The maximum atomic E-state index is 12.6. The summed E-state index contributed by atoms with van der Waals surface area (Å²) in [5, 5.41) is 0.772. The van der Waals surface area contributed by atoms with Gasteiger partial charge in [0.1, 0.15) is 0 Å². The van der Waals surface area contributed by atoms with Crippen molar-refractivity contribution in [2.45, 2.75) is 6.54 Å². The van der Waals surface area contributed by atoms with Crippen molar-refractivity contribution in [3.63, 3.8) is 0 Å². The van der Waals surface area contributed by atoms with Gasteiger partial charge in [0.2, 0.25) is 6.79 Å². The topological polar surface area (TPSA) is 105 Å². The van der Waals surface area contributed by atoms with E-state index >= 15 is 0 Å². The van der Waals surface area contributed by atoms with Crippen molar-refractivity contribution in [2.75, 3.05) is 13.9 Å². The van der Waals surface area contributed by atoms with E-state index in [1.807, 2.05) is 54.6 Å². The van der Waals surface area contributed by atoms with Crippen LogP contribution in [0.4, 0.5) is 0 Å². The van der Waals surface area contributed by atoms with Gasteiger partial charge in [0.15, 0.2) is 11.5 Å². The number of hydrogen-bond donors (Lipinski definition) is 2. The molecule has 1 aromatic heterocycles. The lowest BCUT2D eigenvalue weighted by atomic mass is 10.0. The molecule has 2 heterocycles. The molecule has 0 spiro atoms. The van der Waals surface area contributed by atoms with Crippen LogP contribution < -0.4 is 20.7 Å². The molecule has 0 bridgehead atoms. The Morgan fingerprint density at radius 1 is 1.03 bits per heavy atom. The number of ether oxygens (including phenoxy) is 2. The number of benzene rings is 3. The van der Waals surface area contributed by atoms with Gasteiger partial charge in [-0.3, -0.25) is 14.4 Å². The number of rotatable bonds is 6. The average Bonchev–Trinajstić information content (AvgIpc) is 3.42. The predicted molar refractivity (Wildman–Crippen MR) is 122 cm³/mol. The van der Waals surface area contributed by atoms with Crippen LogP contribution in [-0.2, 0) is 11.4 Å². The number of nitrogens with zero attached hydrogens (tertiary/aromatic N) is 1. The summed E-state index contributed by atoms with van der Waals surface area (Å²) in [6.45, 7) is 0.622. The van der Waals surface area contributed by atoms with Gasteiger partial charge >= 0.3 is 0 Å². The zero-order valence-electron chi connectivity index (χ0n) is 17.8. The van der Waals surface area contributed by atoms with E-state index in [0.717, 1.165) is 22.0 Å². The number of carbonyl (C=O) groups is 2. The maximum Gasteiger partial charge on any atom is 0.274 e. The van der Waals surface area contributed by atoms with Gasteiger partial charge in [-0.15, -0.1) is 0 Å². The third-order valence-corrected chi connectivity index (χ3v) is 5.61. The Bertz CT molecular complexity index is 1380. The molecule has 33 heavy (non-hydrogen) atoms. The van der Waals surface area contributed by atoms with Gasteiger partial charge in [-0.25, -0.2) is 5.48 Å². The number of hydroxylamine groups is 1. The average molecular weight is 443 g/mol. The highest BCUT2D eigenvalue weighted by molar-refractivity contribution is 6.12. The van der Waals surface area contributed by atoms with Gasteiger partial charge in [0, 0.05) is 28.6 Å². The highest BCUT2D eigenvalue weighted by atomic mass is 16.7. The summed E-state index contributed by atoms with van der Waals surface area (Å²) < 4.78 is 13.0. The molecule has 0 radical (unpaired) electrons. The van der Waals surface area contributed by atoms with E-state index in [4.69, 9.17) is 15.2 Å². The summed E-state index contributed by atoms with van der Waals surface area (Å²) in [5.74, 6) is 0.442. The third kappa shape index (κ3) is 3.66. The fourth-order valence-electron chi connectivity index (χ4n) is 4.16. The number of carbonyl (C=O) groups excluding carboxylic acids is 2. The van der Waals surface area contributed by atoms with E-state index in [1.54, 1.807) is 12.1 Å². The van der Waals surface area contributed by atoms with E-state index in [-0.39, 0.29) is 12.7 Å². The zero-order valence-corrected chi connectivity index (χ0v) is 17.8. The third-order valence-electron chi connectivity index (χ3n) is 5.61. The number of amides is 2. The molecule has 166 valence electrons. The summed E-state index contributed by atoms with van der Waals surface area (Å²) in [6.07, 6.45) is 0. The smallest absolute Gasteiger partial charge is 0.274 e. The molecule has 0 aliphatic carbocycles. The van der Waals surface area contributed by atoms with E-state index in [9.17, 15) is 9.59 Å². The van der Waals surface area contributed by atoms with Gasteiger partial charge in [-0.2, -0.15) is 0 Å². The number of aromatic nitrogens is 1. The molecule has 3 N–H and O–H groups in total. The number of fused-ring (bicyclic) bond motifs is 2. The maximum absolute atomic E-state index is 12.6. The molecule has 3 aromatic carbocycles. The Morgan fingerprint density at radius 2 is 1.79 bits per heavy atom. The number of para-hydroxylation sites is 1. The Balaban J connectivity index is 1.64. The molecule has 5 rings (SSSR count). The first-order valence-corrected chi connectivity index (χ1v) is 10.3. The Labute approximate surface area is 189 Å². The van der Waals surface area contributed by atoms with Crippen LogP contribution in [0.3, 0.4) is 0 Å². The molecule has 1 aliphatic heterocycles. The van der Waals surface area contributed by atoms with Gasteiger partial charge in [-0.1, -0.05) is 30.3 Å². The summed E-state index contributed by atoms with van der Waals surface area (Å²) in [7, 11) is 1.39. The van der Waals surface area contributed by atoms with Crippen LogP contribution in [0.5, 0.6) is 11.5 Å². The second-order valence-electron chi connectivity index (χ2n) is 7.59. The number of nitrogens with two attached hydrogens (primary N) is 1. The normalized spacial score (nSPS) is 12.2. The molecule has 2 amide bonds. The molecule has 8 heteroatoms. The van der Waals surface area contributed by atoms with Crippen molar-refractivity contribution < 1.29 is 23.9 Å². The summed E-state index contributed by atoms with van der Waals surface area (Å²) in [5.41, 5.74) is 12.4.